The van der Waals surface area contributed by atoms with Gasteiger partial charge in [0.15, 0.2) is 0 Å². The number of alkyl halides is 3. The summed E-state index contributed by atoms with van der Waals surface area (Å²) in [4.78, 5) is 40.5. The molecule has 33 heavy (non-hydrogen) atoms. The minimum Gasteiger partial charge on any atom is -0.467 e. The first-order valence-corrected chi connectivity index (χ1v) is 9.79. The van der Waals surface area contributed by atoms with Crippen molar-refractivity contribution in [3.8, 4) is 0 Å². The minimum absolute atomic E-state index is 0.00166. The molecule has 170 valence electrons. The Bertz CT molecular complexity index is 1250. The van der Waals surface area contributed by atoms with Crippen LogP contribution in [-0.2, 0) is 12.7 Å². The van der Waals surface area contributed by atoms with E-state index in [2.05, 4.69) is 5.32 Å². The molecule has 1 N–H and O–H groups in total. The number of fused-ring (bicyclic) bond motifs is 1. The van der Waals surface area contributed by atoms with Crippen LogP contribution in [0.1, 0.15) is 42.4 Å². The molecule has 1 aromatic heterocycles. The zero-order valence-corrected chi connectivity index (χ0v) is 17.6. The van der Waals surface area contributed by atoms with Gasteiger partial charge < -0.3 is 14.6 Å². The van der Waals surface area contributed by atoms with E-state index in [0.29, 0.717) is 11.4 Å². The summed E-state index contributed by atoms with van der Waals surface area (Å²) in [5, 5.41) is 2.26. The average molecular weight is 457 g/mol. The van der Waals surface area contributed by atoms with Crippen molar-refractivity contribution in [2.75, 3.05) is 24.3 Å². The predicted octanol–water partition coefficient (Wildman–Crippen LogP) is 4.41. The number of imide groups is 1. The van der Waals surface area contributed by atoms with Crippen molar-refractivity contribution in [2.45, 2.75) is 12.7 Å². The SMILES string of the molecule is CN(C)c1ccc(NC(=O)c2ccc3c(c2)C(=O)N(Cc2ccco2)C3=O)c(C(F)(F)F)c1. The number of amides is 3. The van der Waals surface area contributed by atoms with Crippen molar-refractivity contribution in [3.05, 3.63) is 82.8 Å². The zero-order valence-electron chi connectivity index (χ0n) is 17.6. The van der Waals surface area contributed by atoms with Crippen molar-refractivity contribution in [3.63, 3.8) is 0 Å². The first kappa shape index (κ1) is 22.1. The van der Waals surface area contributed by atoms with Crippen molar-refractivity contribution in [1.82, 2.24) is 4.90 Å². The lowest BCUT2D eigenvalue weighted by Crippen LogP contribution is -2.28. The fraction of sp³-hybridized carbons (Fsp3) is 0.174. The molecule has 3 amide bonds. The quantitative estimate of drug-likeness (QED) is 0.574. The van der Waals surface area contributed by atoms with E-state index in [4.69, 9.17) is 4.42 Å². The Kier molecular flexibility index (Phi) is 5.44. The molecule has 0 fully saturated rings. The van der Waals surface area contributed by atoms with Gasteiger partial charge in [0, 0.05) is 25.3 Å². The summed E-state index contributed by atoms with van der Waals surface area (Å²) in [6.45, 7) is -0.0754. The van der Waals surface area contributed by atoms with Crippen molar-refractivity contribution < 1.29 is 32.0 Å². The fourth-order valence-electron chi connectivity index (χ4n) is 3.48. The molecule has 2 heterocycles. The van der Waals surface area contributed by atoms with Crippen LogP contribution in [0.15, 0.2) is 59.2 Å². The molecule has 0 bridgehead atoms. The van der Waals surface area contributed by atoms with Crippen LogP contribution in [0.25, 0.3) is 0 Å². The molecule has 0 aliphatic carbocycles. The topological polar surface area (TPSA) is 82.9 Å². The van der Waals surface area contributed by atoms with Crippen LogP contribution in [0.5, 0.6) is 0 Å². The summed E-state index contributed by atoms with van der Waals surface area (Å²) in [6.07, 6.45) is -3.28. The van der Waals surface area contributed by atoms with Gasteiger partial charge in [-0.2, -0.15) is 13.2 Å². The summed E-state index contributed by atoms with van der Waals surface area (Å²) < 4.78 is 45.8. The molecule has 3 aromatic rings. The Labute approximate surface area is 186 Å². The lowest BCUT2D eigenvalue weighted by atomic mass is 10.0. The molecule has 10 heteroatoms. The number of halogens is 3. The number of rotatable bonds is 5. The predicted molar refractivity (Wildman–Crippen MR) is 113 cm³/mol. The highest BCUT2D eigenvalue weighted by atomic mass is 19.4. The number of carbonyl (C=O) groups is 3. The first-order chi connectivity index (χ1) is 15.6. The first-order valence-electron chi connectivity index (χ1n) is 9.79. The van der Waals surface area contributed by atoms with E-state index in [0.717, 1.165) is 11.0 Å². The van der Waals surface area contributed by atoms with Gasteiger partial charge >= 0.3 is 6.18 Å². The van der Waals surface area contributed by atoms with E-state index < -0.39 is 35.1 Å². The second-order valence-corrected chi connectivity index (χ2v) is 7.61. The Balaban J connectivity index is 1.60. The second-order valence-electron chi connectivity index (χ2n) is 7.61. The van der Waals surface area contributed by atoms with Crippen molar-refractivity contribution in [2.24, 2.45) is 0 Å². The number of nitrogens with one attached hydrogen (secondary N) is 1. The van der Waals surface area contributed by atoms with Crippen molar-refractivity contribution >= 4 is 29.1 Å². The fourth-order valence-corrected chi connectivity index (χ4v) is 3.48. The standard InChI is InChI=1S/C23H18F3N3O4/c1-28(2)14-6-8-19(18(11-14)23(24,25)26)27-20(30)13-5-7-16-17(10-13)22(32)29(21(16)31)12-15-4-3-9-33-15/h3-11H,12H2,1-2H3,(H,27,30). The molecule has 1 aliphatic heterocycles. The summed E-state index contributed by atoms with van der Waals surface area (Å²) in [5.41, 5.74) is -1.05. The van der Waals surface area contributed by atoms with Crippen LogP contribution in [0, 0.1) is 0 Å². The third kappa shape index (κ3) is 4.19. The maximum absolute atomic E-state index is 13.6. The number of benzene rings is 2. The maximum Gasteiger partial charge on any atom is 0.418 e. The van der Waals surface area contributed by atoms with E-state index >= 15 is 0 Å². The summed E-state index contributed by atoms with van der Waals surface area (Å²) >= 11 is 0. The van der Waals surface area contributed by atoms with E-state index in [-0.39, 0.29) is 23.2 Å². The van der Waals surface area contributed by atoms with Gasteiger partial charge in [-0.05, 0) is 48.5 Å². The number of carbonyl (C=O) groups excluding carboxylic acids is 3. The van der Waals surface area contributed by atoms with Gasteiger partial charge in [0.05, 0.1) is 35.2 Å². The Hall–Kier alpha value is -4.08. The monoisotopic (exact) mass is 457 g/mol. The molecular weight excluding hydrogens is 439 g/mol. The molecule has 0 saturated heterocycles. The number of hydrogen-bond acceptors (Lipinski definition) is 5. The highest BCUT2D eigenvalue weighted by Gasteiger charge is 2.37. The summed E-state index contributed by atoms with van der Waals surface area (Å²) in [5.74, 6) is -1.60. The van der Waals surface area contributed by atoms with Gasteiger partial charge in [0.1, 0.15) is 5.76 Å². The third-order valence-electron chi connectivity index (χ3n) is 5.20. The highest BCUT2D eigenvalue weighted by Crippen LogP contribution is 2.37. The van der Waals surface area contributed by atoms with Gasteiger partial charge in [-0.1, -0.05) is 0 Å². The van der Waals surface area contributed by atoms with E-state index in [1.807, 2.05) is 0 Å². The zero-order chi connectivity index (χ0) is 23.9. The summed E-state index contributed by atoms with van der Waals surface area (Å²) in [7, 11) is 3.21. The smallest absolute Gasteiger partial charge is 0.418 e. The Morgan fingerprint density at radius 1 is 1.03 bits per heavy atom. The lowest BCUT2D eigenvalue weighted by molar-refractivity contribution is -0.136. The Morgan fingerprint density at radius 2 is 1.76 bits per heavy atom. The van der Waals surface area contributed by atoms with Crippen LogP contribution >= 0.6 is 0 Å². The molecule has 0 radical (unpaired) electrons. The lowest BCUT2D eigenvalue weighted by Gasteiger charge is -2.18. The van der Waals surface area contributed by atoms with Crippen LogP contribution in [0.3, 0.4) is 0 Å². The van der Waals surface area contributed by atoms with Gasteiger partial charge in [-0.25, -0.2) is 0 Å². The minimum atomic E-state index is -4.69. The normalized spacial score (nSPS) is 13.3. The molecule has 1 aliphatic rings. The molecule has 4 rings (SSSR count). The Morgan fingerprint density at radius 3 is 2.39 bits per heavy atom. The third-order valence-corrected chi connectivity index (χ3v) is 5.20. The number of anilines is 2. The molecule has 0 atom stereocenters. The number of hydrogen-bond donors (Lipinski definition) is 1. The van der Waals surface area contributed by atoms with Crippen LogP contribution in [0.2, 0.25) is 0 Å². The molecule has 7 nitrogen and oxygen atoms in total. The van der Waals surface area contributed by atoms with Crippen LogP contribution in [-0.4, -0.2) is 36.7 Å². The van der Waals surface area contributed by atoms with E-state index in [1.54, 1.807) is 26.2 Å². The second kappa shape index (κ2) is 8.12. The van der Waals surface area contributed by atoms with Gasteiger partial charge in [-0.15, -0.1) is 0 Å². The van der Waals surface area contributed by atoms with E-state index in [9.17, 15) is 27.6 Å². The van der Waals surface area contributed by atoms with Crippen LogP contribution in [0.4, 0.5) is 24.5 Å². The average Bonchev–Trinajstić information content (AvgIpc) is 3.36. The van der Waals surface area contributed by atoms with Gasteiger partial charge in [-0.3, -0.25) is 19.3 Å². The maximum atomic E-state index is 13.6. The molecular formula is C23H18F3N3O4. The highest BCUT2D eigenvalue weighted by molar-refractivity contribution is 6.22. The molecule has 2 aromatic carbocycles. The van der Waals surface area contributed by atoms with Gasteiger partial charge in [0.25, 0.3) is 17.7 Å². The van der Waals surface area contributed by atoms with Gasteiger partial charge in [0.2, 0.25) is 0 Å². The number of furan rings is 1. The largest absolute Gasteiger partial charge is 0.467 e. The van der Waals surface area contributed by atoms with Crippen LogP contribution < -0.4 is 10.2 Å². The molecule has 0 saturated carbocycles. The van der Waals surface area contributed by atoms with Crippen molar-refractivity contribution in [1.29, 1.82) is 0 Å². The molecule has 0 unspecified atom stereocenters. The van der Waals surface area contributed by atoms with E-state index in [1.165, 1.54) is 41.5 Å². The number of nitrogens with zero attached hydrogens (tertiary/aromatic N) is 2. The summed E-state index contributed by atoms with van der Waals surface area (Å²) in [6, 6.07) is 10.6. The molecule has 0 spiro atoms.